The van der Waals surface area contributed by atoms with Crippen LogP contribution in [0.3, 0.4) is 0 Å². The molecule has 31 heavy (non-hydrogen) atoms. The van der Waals surface area contributed by atoms with Gasteiger partial charge in [-0.15, -0.1) is 0 Å². The summed E-state index contributed by atoms with van der Waals surface area (Å²) in [7, 11) is -2.35. The van der Waals surface area contributed by atoms with Crippen LogP contribution in [-0.2, 0) is 30.7 Å². The Labute approximate surface area is 190 Å². The Balaban J connectivity index is 1.73. The molecule has 0 bridgehead atoms. The molecular weight excluding hydrogens is 462 g/mol. The molecule has 1 aromatic carbocycles. The van der Waals surface area contributed by atoms with E-state index in [-0.39, 0.29) is 6.04 Å². The van der Waals surface area contributed by atoms with Crippen molar-refractivity contribution in [1.29, 1.82) is 0 Å². The van der Waals surface area contributed by atoms with Crippen LogP contribution in [0.25, 0.3) is 10.2 Å². The standard InChI is InChI=1S/C20H26ClN3O5S2/c1-29-10-9-24-16-8-7-14(21)11-17(16)30-20(24)23-19(26)13-31(27,28)12-18(25)22-15-5-3-2-4-6-15/h7-8,11,15H,2-6,9-10,12-13H2,1H3,(H,22,25). The van der Waals surface area contributed by atoms with Gasteiger partial charge in [0.15, 0.2) is 14.6 Å². The van der Waals surface area contributed by atoms with E-state index in [1.807, 2.05) is 6.07 Å². The summed E-state index contributed by atoms with van der Waals surface area (Å²) in [5, 5.41) is 3.32. The summed E-state index contributed by atoms with van der Waals surface area (Å²) in [5.41, 5.74) is 0.827. The molecule has 1 N–H and O–H groups in total. The van der Waals surface area contributed by atoms with E-state index in [4.69, 9.17) is 16.3 Å². The molecule has 1 aromatic heterocycles. The lowest BCUT2D eigenvalue weighted by molar-refractivity contribution is -0.119. The van der Waals surface area contributed by atoms with E-state index < -0.39 is 33.2 Å². The minimum atomic E-state index is -3.92. The number of methoxy groups -OCH3 is 1. The normalized spacial score (nSPS) is 16.0. The first-order valence-corrected chi connectivity index (χ1v) is 13.1. The quantitative estimate of drug-likeness (QED) is 0.614. The van der Waals surface area contributed by atoms with Crippen LogP contribution < -0.4 is 10.1 Å². The third kappa shape index (κ3) is 6.86. The molecule has 2 aromatic rings. The van der Waals surface area contributed by atoms with Crippen LogP contribution >= 0.6 is 22.9 Å². The van der Waals surface area contributed by atoms with E-state index in [0.29, 0.717) is 23.0 Å². The van der Waals surface area contributed by atoms with Crippen molar-refractivity contribution in [3.63, 3.8) is 0 Å². The molecule has 1 aliphatic carbocycles. The molecule has 0 atom stereocenters. The first-order chi connectivity index (χ1) is 14.8. The van der Waals surface area contributed by atoms with E-state index in [9.17, 15) is 18.0 Å². The first-order valence-electron chi connectivity index (χ1n) is 10.1. The number of hydrogen-bond donors (Lipinski definition) is 1. The summed E-state index contributed by atoms with van der Waals surface area (Å²) >= 11 is 7.30. The number of aromatic nitrogens is 1. The van der Waals surface area contributed by atoms with Gasteiger partial charge in [0.1, 0.15) is 11.5 Å². The lowest BCUT2D eigenvalue weighted by Gasteiger charge is -2.22. The minimum absolute atomic E-state index is 0.0157. The number of carbonyl (C=O) groups excluding carboxylic acids is 2. The predicted octanol–water partition coefficient (Wildman–Crippen LogP) is 2.29. The zero-order valence-electron chi connectivity index (χ0n) is 17.3. The van der Waals surface area contributed by atoms with Crippen molar-refractivity contribution in [2.75, 3.05) is 25.2 Å². The molecule has 0 aliphatic heterocycles. The highest BCUT2D eigenvalue weighted by Gasteiger charge is 2.23. The maximum absolute atomic E-state index is 12.4. The molecule has 0 saturated heterocycles. The number of nitrogens with zero attached hydrogens (tertiary/aromatic N) is 2. The molecular formula is C20H26ClN3O5S2. The maximum atomic E-state index is 12.4. The molecule has 8 nitrogen and oxygen atoms in total. The van der Waals surface area contributed by atoms with Crippen LogP contribution in [0.2, 0.25) is 5.02 Å². The number of rotatable bonds is 8. The van der Waals surface area contributed by atoms with Gasteiger partial charge >= 0.3 is 0 Å². The second kappa shape index (κ2) is 10.7. The first kappa shape index (κ1) is 23.9. The fourth-order valence-electron chi connectivity index (χ4n) is 3.63. The number of fused-ring (bicyclic) bond motifs is 1. The average Bonchev–Trinajstić information content (AvgIpc) is 3.01. The molecule has 1 heterocycles. The maximum Gasteiger partial charge on any atom is 0.263 e. The van der Waals surface area contributed by atoms with Crippen LogP contribution in [0.1, 0.15) is 32.1 Å². The highest BCUT2D eigenvalue weighted by molar-refractivity contribution is 7.92. The zero-order valence-corrected chi connectivity index (χ0v) is 19.7. The summed E-state index contributed by atoms with van der Waals surface area (Å²) in [4.78, 5) is 28.9. The van der Waals surface area contributed by atoms with Crippen molar-refractivity contribution in [1.82, 2.24) is 9.88 Å². The third-order valence-electron chi connectivity index (χ3n) is 5.05. The molecule has 11 heteroatoms. The highest BCUT2D eigenvalue weighted by Crippen LogP contribution is 2.22. The Bertz CT molecular complexity index is 1120. The van der Waals surface area contributed by atoms with Crippen molar-refractivity contribution in [3.05, 3.63) is 28.0 Å². The van der Waals surface area contributed by atoms with Crippen LogP contribution in [0, 0.1) is 0 Å². The van der Waals surface area contributed by atoms with Crippen molar-refractivity contribution >= 4 is 54.8 Å². The predicted molar refractivity (Wildman–Crippen MR) is 121 cm³/mol. The summed E-state index contributed by atoms with van der Waals surface area (Å²) in [5.74, 6) is -2.90. The zero-order chi connectivity index (χ0) is 22.4. The number of benzene rings is 1. The summed E-state index contributed by atoms with van der Waals surface area (Å²) in [6.45, 7) is 0.844. The summed E-state index contributed by atoms with van der Waals surface area (Å²) in [6, 6.07) is 5.34. The highest BCUT2D eigenvalue weighted by atomic mass is 35.5. The SMILES string of the molecule is COCCn1c(=NC(=O)CS(=O)(=O)CC(=O)NC2CCCCC2)sc2cc(Cl)ccc21. The Morgan fingerprint density at radius 1 is 1.26 bits per heavy atom. The van der Waals surface area contributed by atoms with Crippen molar-refractivity contribution in [3.8, 4) is 0 Å². The summed E-state index contributed by atoms with van der Waals surface area (Å²) < 4.78 is 32.5. The summed E-state index contributed by atoms with van der Waals surface area (Å²) in [6.07, 6.45) is 4.90. The second-order valence-corrected chi connectivity index (χ2v) is 11.1. The van der Waals surface area contributed by atoms with Crippen LogP contribution in [0.4, 0.5) is 0 Å². The largest absolute Gasteiger partial charge is 0.383 e. The number of hydrogen-bond acceptors (Lipinski definition) is 6. The molecule has 2 amide bonds. The molecule has 0 radical (unpaired) electrons. The average molecular weight is 488 g/mol. The van der Waals surface area contributed by atoms with Gasteiger partial charge in [0, 0.05) is 24.7 Å². The van der Waals surface area contributed by atoms with Crippen molar-refractivity contribution < 1.29 is 22.7 Å². The molecule has 170 valence electrons. The van der Waals surface area contributed by atoms with Crippen molar-refractivity contribution in [2.24, 2.45) is 4.99 Å². The molecule has 0 unspecified atom stereocenters. The van der Waals surface area contributed by atoms with E-state index >= 15 is 0 Å². The number of carbonyl (C=O) groups is 2. The molecule has 1 fully saturated rings. The third-order valence-corrected chi connectivity index (χ3v) is 7.71. The van der Waals surface area contributed by atoms with Gasteiger partial charge in [-0.3, -0.25) is 9.59 Å². The molecule has 3 rings (SSSR count). The van der Waals surface area contributed by atoms with E-state index in [2.05, 4.69) is 10.3 Å². The number of thiazole rings is 1. The second-order valence-electron chi connectivity index (χ2n) is 7.58. The van der Waals surface area contributed by atoms with Gasteiger partial charge in [0.25, 0.3) is 5.91 Å². The Hall–Kier alpha value is -1.75. The van der Waals surface area contributed by atoms with Crippen LogP contribution in [0.15, 0.2) is 23.2 Å². The molecule has 1 aliphatic rings. The monoisotopic (exact) mass is 487 g/mol. The van der Waals surface area contributed by atoms with Gasteiger partial charge in [0.05, 0.1) is 16.8 Å². The molecule has 0 spiro atoms. The lowest BCUT2D eigenvalue weighted by Crippen LogP contribution is -2.40. The lowest BCUT2D eigenvalue weighted by atomic mass is 9.95. The Morgan fingerprint density at radius 3 is 2.71 bits per heavy atom. The number of ether oxygens (including phenoxy) is 1. The van der Waals surface area contributed by atoms with Gasteiger partial charge in [-0.25, -0.2) is 8.42 Å². The van der Waals surface area contributed by atoms with E-state index in [1.165, 1.54) is 11.3 Å². The van der Waals surface area contributed by atoms with Crippen molar-refractivity contribution in [2.45, 2.75) is 44.7 Å². The number of halogens is 1. The number of sulfone groups is 1. The Kier molecular flexibility index (Phi) is 8.26. The number of nitrogens with one attached hydrogen (secondary N) is 1. The smallest absolute Gasteiger partial charge is 0.263 e. The fraction of sp³-hybridized carbons (Fsp3) is 0.550. The minimum Gasteiger partial charge on any atom is -0.383 e. The van der Waals surface area contributed by atoms with E-state index in [0.717, 1.165) is 42.3 Å². The van der Waals surface area contributed by atoms with Gasteiger partial charge in [-0.1, -0.05) is 42.2 Å². The van der Waals surface area contributed by atoms with Gasteiger partial charge < -0.3 is 14.6 Å². The van der Waals surface area contributed by atoms with Gasteiger partial charge in [-0.05, 0) is 31.0 Å². The fourth-order valence-corrected chi connectivity index (χ4v) is 6.00. The number of amides is 2. The molecule has 1 saturated carbocycles. The van der Waals surface area contributed by atoms with Gasteiger partial charge in [-0.2, -0.15) is 4.99 Å². The van der Waals surface area contributed by atoms with Gasteiger partial charge in [0.2, 0.25) is 5.91 Å². The van der Waals surface area contributed by atoms with Crippen LogP contribution in [0.5, 0.6) is 0 Å². The van der Waals surface area contributed by atoms with Crippen LogP contribution in [-0.4, -0.2) is 56.1 Å². The topological polar surface area (TPSA) is 107 Å². The Morgan fingerprint density at radius 2 is 2.00 bits per heavy atom. The van der Waals surface area contributed by atoms with E-state index in [1.54, 1.807) is 23.8 Å².